The minimum atomic E-state index is -3.85. The van der Waals surface area contributed by atoms with Gasteiger partial charge in [-0.3, -0.25) is 4.79 Å². The molecule has 0 aliphatic heterocycles. The van der Waals surface area contributed by atoms with Crippen LogP contribution in [-0.4, -0.2) is 26.9 Å². The Kier molecular flexibility index (Phi) is 5.46. The van der Waals surface area contributed by atoms with Crippen LogP contribution in [0, 0.1) is 0 Å². The number of nitrogens with two attached hydrogens (primary N) is 1. The van der Waals surface area contributed by atoms with Crippen LogP contribution in [0.5, 0.6) is 0 Å². The van der Waals surface area contributed by atoms with Crippen LogP contribution in [0.15, 0.2) is 29.2 Å². The van der Waals surface area contributed by atoms with Crippen molar-refractivity contribution >= 4 is 21.6 Å². The molecular formula is C12H19N3O3S. The third-order valence-corrected chi connectivity index (χ3v) is 3.66. The first kappa shape index (κ1) is 15.6. The molecule has 1 rings (SSSR count). The van der Waals surface area contributed by atoms with Crippen molar-refractivity contribution in [2.24, 2.45) is 5.14 Å². The summed E-state index contributed by atoms with van der Waals surface area (Å²) in [5.41, 5.74) is 0.195. The molecule has 0 fully saturated rings. The number of amides is 1. The van der Waals surface area contributed by atoms with Gasteiger partial charge in [0.05, 0.1) is 12.2 Å². The number of benzene rings is 1. The SMILES string of the molecule is CCC(C)NCC(=O)Nc1ccccc1S(N)(=O)=O. The van der Waals surface area contributed by atoms with Gasteiger partial charge in [-0.15, -0.1) is 0 Å². The third-order valence-electron chi connectivity index (χ3n) is 2.69. The first-order valence-corrected chi connectivity index (χ1v) is 7.54. The maximum atomic E-state index is 11.7. The van der Waals surface area contributed by atoms with Crippen LogP contribution in [0.2, 0.25) is 0 Å². The Labute approximate surface area is 113 Å². The van der Waals surface area contributed by atoms with E-state index >= 15 is 0 Å². The summed E-state index contributed by atoms with van der Waals surface area (Å²) in [4.78, 5) is 11.6. The summed E-state index contributed by atoms with van der Waals surface area (Å²) in [7, 11) is -3.85. The lowest BCUT2D eigenvalue weighted by Gasteiger charge is -2.12. The van der Waals surface area contributed by atoms with E-state index in [1.165, 1.54) is 12.1 Å². The van der Waals surface area contributed by atoms with Gasteiger partial charge in [0.15, 0.2) is 0 Å². The normalized spacial score (nSPS) is 13.0. The van der Waals surface area contributed by atoms with Gasteiger partial charge in [-0.2, -0.15) is 0 Å². The first-order chi connectivity index (χ1) is 8.84. The molecule has 6 nitrogen and oxygen atoms in total. The lowest BCUT2D eigenvalue weighted by Crippen LogP contribution is -2.34. The van der Waals surface area contributed by atoms with Gasteiger partial charge < -0.3 is 10.6 Å². The van der Waals surface area contributed by atoms with Crippen LogP contribution in [0.4, 0.5) is 5.69 Å². The monoisotopic (exact) mass is 285 g/mol. The quantitative estimate of drug-likeness (QED) is 0.714. The largest absolute Gasteiger partial charge is 0.324 e. The van der Waals surface area contributed by atoms with Crippen molar-refractivity contribution in [3.63, 3.8) is 0 Å². The van der Waals surface area contributed by atoms with Crippen molar-refractivity contribution in [2.75, 3.05) is 11.9 Å². The highest BCUT2D eigenvalue weighted by Crippen LogP contribution is 2.18. The van der Waals surface area contributed by atoms with Gasteiger partial charge in [0.1, 0.15) is 4.90 Å². The number of rotatable bonds is 6. The lowest BCUT2D eigenvalue weighted by molar-refractivity contribution is -0.115. The highest BCUT2D eigenvalue weighted by atomic mass is 32.2. The fourth-order valence-corrected chi connectivity index (χ4v) is 2.12. The van der Waals surface area contributed by atoms with Gasteiger partial charge >= 0.3 is 0 Å². The molecule has 7 heteroatoms. The maximum Gasteiger partial charge on any atom is 0.240 e. The van der Waals surface area contributed by atoms with Gasteiger partial charge in [0, 0.05) is 6.04 Å². The molecule has 0 aromatic heterocycles. The molecule has 0 aliphatic carbocycles. The van der Waals surface area contributed by atoms with E-state index in [-0.39, 0.29) is 29.1 Å². The van der Waals surface area contributed by atoms with E-state index in [4.69, 9.17) is 5.14 Å². The lowest BCUT2D eigenvalue weighted by atomic mass is 10.2. The van der Waals surface area contributed by atoms with Crippen molar-refractivity contribution in [1.82, 2.24) is 5.32 Å². The molecule has 19 heavy (non-hydrogen) atoms. The second-order valence-corrected chi connectivity index (χ2v) is 5.81. The van der Waals surface area contributed by atoms with Crippen molar-refractivity contribution in [3.8, 4) is 0 Å². The van der Waals surface area contributed by atoms with Crippen molar-refractivity contribution in [3.05, 3.63) is 24.3 Å². The Hall–Kier alpha value is -1.44. The van der Waals surface area contributed by atoms with E-state index in [0.717, 1.165) is 6.42 Å². The molecule has 0 heterocycles. The zero-order valence-corrected chi connectivity index (χ0v) is 11.8. The predicted octanol–water partition coefficient (Wildman–Crippen LogP) is 0.661. The topological polar surface area (TPSA) is 101 Å². The van der Waals surface area contributed by atoms with Gasteiger partial charge in [0.2, 0.25) is 15.9 Å². The van der Waals surface area contributed by atoms with Crippen LogP contribution in [0.25, 0.3) is 0 Å². The van der Waals surface area contributed by atoms with Crippen LogP contribution in [-0.2, 0) is 14.8 Å². The van der Waals surface area contributed by atoms with E-state index in [2.05, 4.69) is 10.6 Å². The van der Waals surface area contributed by atoms with Crippen LogP contribution >= 0.6 is 0 Å². The van der Waals surface area contributed by atoms with Gasteiger partial charge in [-0.25, -0.2) is 13.6 Å². The molecule has 0 bridgehead atoms. The molecule has 0 spiro atoms. The molecule has 1 unspecified atom stereocenters. The molecule has 1 amide bonds. The zero-order chi connectivity index (χ0) is 14.5. The number of carbonyl (C=O) groups excluding carboxylic acids is 1. The predicted molar refractivity (Wildman–Crippen MR) is 74.2 cm³/mol. The number of hydrogen-bond donors (Lipinski definition) is 3. The highest BCUT2D eigenvalue weighted by molar-refractivity contribution is 7.89. The molecule has 0 saturated carbocycles. The van der Waals surface area contributed by atoms with E-state index in [1.807, 2.05) is 13.8 Å². The Bertz CT molecular complexity index is 543. The van der Waals surface area contributed by atoms with E-state index in [9.17, 15) is 13.2 Å². The number of anilines is 1. The second-order valence-electron chi connectivity index (χ2n) is 4.28. The number of primary sulfonamides is 1. The number of hydrogen-bond acceptors (Lipinski definition) is 4. The standard InChI is InChI=1S/C12H19N3O3S/c1-3-9(2)14-8-12(16)15-10-6-4-5-7-11(10)19(13,17)18/h4-7,9,14H,3,8H2,1-2H3,(H,15,16)(H2,13,17,18). The summed E-state index contributed by atoms with van der Waals surface area (Å²) in [6.45, 7) is 4.09. The minimum Gasteiger partial charge on any atom is -0.324 e. The summed E-state index contributed by atoms with van der Waals surface area (Å²) in [6, 6.07) is 6.26. The number of nitrogens with one attached hydrogen (secondary N) is 2. The molecule has 4 N–H and O–H groups in total. The first-order valence-electron chi connectivity index (χ1n) is 5.99. The molecular weight excluding hydrogens is 266 g/mol. The van der Waals surface area contributed by atoms with Gasteiger partial charge in [0.25, 0.3) is 0 Å². The zero-order valence-electron chi connectivity index (χ0n) is 11.0. The number of para-hydroxylation sites is 1. The Morgan fingerprint density at radius 1 is 1.37 bits per heavy atom. The summed E-state index contributed by atoms with van der Waals surface area (Å²) in [5.74, 6) is -0.309. The summed E-state index contributed by atoms with van der Waals surface area (Å²) in [5, 5.41) is 10.6. The fourth-order valence-electron chi connectivity index (χ4n) is 1.42. The molecule has 0 aliphatic rings. The maximum absolute atomic E-state index is 11.7. The Balaban J connectivity index is 2.75. The van der Waals surface area contributed by atoms with Gasteiger partial charge in [-0.1, -0.05) is 19.1 Å². The number of carbonyl (C=O) groups is 1. The highest BCUT2D eigenvalue weighted by Gasteiger charge is 2.15. The fraction of sp³-hybridized carbons (Fsp3) is 0.417. The van der Waals surface area contributed by atoms with Crippen LogP contribution < -0.4 is 15.8 Å². The summed E-state index contributed by atoms with van der Waals surface area (Å²) >= 11 is 0. The average molecular weight is 285 g/mol. The van der Waals surface area contributed by atoms with E-state index in [0.29, 0.717) is 0 Å². The Morgan fingerprint density at radius 2 is 2.00 bits per heavy atom. The molecule has 1 aromatic carbocycles. The number of sulfonamides is 1. The smallest absolute Gasteiger partial charge is 0.240 e. The summed E-state index contributed by atoms with van der Waals surface area (Å²) < 4.78 is 22.7. The van der Waals surface area contributed by atoms with Crippen LogP contribution in [0.1, 0.15) is 20.3 Å². The molecule has 0 saturated heterocycles. The molecule has 0 radical (unpaired) electrons. The van der Waals surface area contributed by atoms with E-state index < -0.39 is 10.0 Å². The third kappa shape index (κ3) is 4.98. The van der Waals surface area contributed by atoms with E-state index in [1.54, 1.807) is 12.1 Å². The average Bonchev–Trinajstić information content (AvgIpc) is 2.35. The van der Waals surface area contributed by atoms with Crippen LogP contribution in [0.3, 0.4) is 0 Å². The minimum absolute atomic E-state index is 0.0908. The summed E-state index contributed by atoms with van der Waals surface area (Å²) in [6.07, 6.45) is 0.904. The van der Waals surface area contributed by atoms with Gasteiger partial charge in [-0.05, 0) is 25.5 Å². The molecule has 106 valence electrons. The molecule has 1 aromatic rings. The second kappa shape index (κ2) is 6.65. The molecule has 1 atom stereocenters. The van der Waals surface area contributed by atoms with Crippen molar-refractivity contribution in [1.29, 1.82) is 0 Å². The Morgan fingerprint density at radius 3 is 2.58 bits per heavy atom. The van der Waals surface area contributed by atoms with Crippen molar-refractivity contribution < 1.29 is 13.2 Å². The van der Waals surface area contributed by atoms with Crippen molar-refractivity contribution in [2.45, 2.75) is 31.2 Å².